The molecule has 300 valence electrons. The van der Waals surface area contributed by atoms with Gasteiger partial charge in [-0.05, 0) is 101 Å². The number of aryl methyl sites for hydroxylation is 4. The van der Waals surface area contributed by atoms with Gasteiger partial charge in [-0.15, -0.1) is 0 Å². The van der Waals surface area contributed by atoms with Gasteiger partial charge in [-0.1, -0.05) is 66.7 Å². The van der Waals surface area contributed by atoms with Crippen molar-refractivity contribution < 1.29 is 28.5 Å². The van der Waals surface area contributed by atoms with Crippen molar-refractivity contribution in [3.8, 4) is 0 Å². The molecule has 4 heterocycles. The first-order chi connectivity index (χ1) is 27.5. The van der Waals surface area contributed by atoms with Crippen LogP contribution in [0.15, 0.2) is 66.7 Å². The van der Waals surface area contributed by atoms with Gasteiger partial charge in [-0.25, -0.2) is 0 Å². The molecule has 0 amide bonds. The van der Waals surface area contributed by atoms with E-state index in [0.29, 0.717) is 64.5 Å². The molecule has 2 fully saturated rings. The van der Waals surface area contributed by atoms with E-state index >= 15 is 0 Å². The topological polar surface area (TPSA) is 107 Å². The molecular formula is C46H60N4O6. The number of hydrogen-bond acceptors (Lipinski definition) is 8. The van der Waals surface area contributed by atoms with E-state index < -0.39 is 5.41 Å². The molecule has 0 radical (unpaired) electrons. The lowest BCUT2D eigenvalue weighted by molar-refractivity contribution is -0.121. The molecular weight excluding hydrogens is 705 g/mol. The first-order valence-electron chi connectivity index (χ1n) is 20.7. The van der Waals surface area contributed by atoms with Crippen LogP contribution in [-0.4, -0.2) is 71.8 Å². The molecule has 56 heavy (non-hydrogen) atoms. The van der Waals surface area contributed by atoms with Gasteiger partial charge in [0.2, 0.25) is 0 Å². The van der Waals surface area contributed by atoms with E-state index in [1.807, 2.05) is 43.3 Å². The van der Waals surface area contributed by atoms with Crippen molar-refractivity contribution in [2.24, 2.45) is 10.8 Å². The fourth-order valence-corrected chi connectivity index (χ4v) is 8.18. The Morgan fingerprint density at radius 3 is 1.84 bits per heavy atom. The summed E-state index contributed by atoms with van der Waals surface area (Å²) in [5.41, 5.74) is 8.67. The molecule has 2 aromatic heterocycles. The van der Waals surface area contributed by atoms with Gasteiger partial charge in [0.15, 0.2) is 6.29 Å². The van der Waals surface area contributed by atoms with Crippen LogP contribution in [0.2, 0.25) is 0 Å². The molecule has 1 aliphatic carbocycles. The summed E-state index contributed by atoms with van der Waals surface area (Å²) in [6.07, 6.45) is 15.5. The Morgan fingerprint density at radius 1 is 0.732 bits per heavy atom. The summed E-state index contributed by atoms with van der Waals surface area (Å²) in [7, 11) is 0. The molecule has 0 unspecified atom stereocenters. The lowest BCUT2D eigenvalue weighted by Gasteiger charge is -2.36. The molecule has 1 spiro atoms. The maximum Gasteiger partial charge on any atom is 0.168 e. The summed E-state index contributed by atoms with van der Waals surface area (Å²) in [4.78, 5) is 23.7. The first kappa shape index (κ1) is 41.4. The average molecular weight is 765 g/mol. The van der Waals surface area contributed by atoms with Gasteiger partial charge in [0.05, 0.1) is 30.3 Å². The minimum absolute atomic E-state index is 0.283. The van der Waals surface area contributed by atoms with Crippen molar-refractivity contribution in [2.75, 3.05) is 39.6 Å². The maximum absolute atomic E-state index is 11.9. The maximum atomic E-state index is 11.9. The van der Waals surface area contributed by atoms with E-state index in [1.165, 1.54) is 22.5 Å². The van der Waals surface area contributed by atoms with Crippen molar-refractivity contribution in [2.45, 2.75) is 104 Å². The van der Waals surface area contributed by atoms with Crippen LogP contribution in [0.3, 0.4) is 0 Å². The van der Waals surface area contributed by atoms with Crippen molar-refractivity contribution >= 4 is 18.6 Å². The molecule has 0 saturated carbocycles. The van der Waals surface area contributed by atoms with Crippen LogP contribution < -0.4 is 0 Å². The van der Waals surface area contributed by atoms with Crippen molar-refractivity contribution in [1.29, 1.82) is 0 Å². The van der Waals surface area contributed by atoms with E-state index in [9.17, 15) is 9.59 Å². The number of aromatic nitrogens is 4. The summed E-state index contributed by atoms with van der Waals surface area (Å²) in [6.45, 7) is 11.3. The minimum atomic E-state index is -0.462. The molecule has 2 aromatic carbocycles. The third-order valence-corrected chi connectivity index (χ3v) is 11.6. The number of nitrogens with zero attached hydrogens (tertiary/aromatic N) is 4. The van der Waals surface area contributed by atoms with Gasteiger partial charge in [-0.3, -0.25) is 14.2 Å². The highest BCUT2D eigenvalue weighted by atomic mass is 16.5. The molecule has 10 heteroatoms. The number of ether oxygens (including phenoxy) is 4. The molecule has 2 aliphatic heterocycles. The lowest BCUT2D eigenvalue weighted by atomic mass is 9.72. The highest BCUT2D eigenvalue weighted by molar-refractivity contribution is 5.76. The molecule has 10 nitrogen and oxygen atoms in total. The highest BCUT2D eigenvalue weighted by Gasteiger charge is 2.36. The zero-order valence-corrected chi connectivity index (χ0v) is 33.5. The minimum Gasteiger partial charge on any atom is -0.381 e. The number of rotatable bonds is 18. The second-order valence-corrected chi connectivity index (χ2v) is 15.4. The summed E-state index contributed by atoms with van der Waals surface area (Å²) < 4.78 is 26.6. The first-order valence-corrected chi connectivity index (χ1v) is 20.7. The van der Waals surface area contributed by atoms with Gasteiger partial charge in [0, 0.05) is 69.3 Å². The van der Waals surface area contributed by atoms with Crippen molar-refractivity contribution in [3.05, 3.63) is 112 Å². The van der Waals surface area contributed by atoms with Gasteiger partial charge in [0.25, 0.3) is 0 Å². The van der Waals surface area contributed by atoms with Crippen LogP contribution in [-0.2, 0) is 75.7 Å². The predicted octanol–water partition coefficient (Wildman–Crippen LogP) is 7.82. The van der Waals surface area contributed by atoms with Crippen LogP contribution in [0.5, 0.6) is 0 Å². The van der Waals surface area contributed by atoms with Gasteiger partial charge >= 0.3 is 0 Å². The number of fused-ring (bicyclic) bond motifs is 1. The Hall–Kier alpha value is -4.22. The molecule has 4 aromatic rings. The van der Waals surface area contributed by atoms with Crippen LogP contribution >= 0.6 is 0 Å². The Bertz CT molecular complexity index is 1840. The highest BCUT2D eigenvalue weighted by Crippen LogP contribution is 2.42. The van der Waals surface area contributed by atoms with Crippen LogP contribution in [0.25, 0.3) is 6.08 Å². The molecule has 2 saturated heterocycles. The largest absolute Gasteiger partial charge is 0.381 e. The zero-order valence-electron chi connectivity index (χ0n) is 33.5. The zero-order chi connectivity index (χ0) is 39.1. The SMILES string of the molecule is CCn1nc(CCCOCc2ccccc2)c(CC2(C=O)CCOCC2)c1C=O.CCn1nc(CCCOCc2ccccc2)c2c1C=CC1(CCOCC1)C2. The fraction of sp³-hybridized carbons (Fsp3) is 0.522. The normalized spacial score (nSPS) is 16.9. The van der Waals surface area contributed by atoms with Gasteiger partial charge in [-0.2, -0.15) is 10.2 Å². The Kier molecular flexibility index (Phi) is 15.4. The number of carbonyl (C=O) groups excluding carboxylic acids is 2. The predicted molar refractivity (Wildman–Crippen MR) is 218 cm³/mol. The third-order valence-electron chi connectivity index (χ3n) is 11.6. The van der Waals surface area contributed by atoms with Gasteiger partial charge < -0.3 is 23.7 Å². The summed E-state index contributed by atoms with van der Waals surface area (Å²) in [6, 6.07) is 20.5. The summed E-state index contributed by atoms with van der Waals surface area (Å²) >= 11 is 0. The monoisotopic (exact) mass is 764 g/mol. The van der Waals surface area contributed by atoms with Gasteiger partial charge in [0.1, 0.15) is 12.0 Å². The summed E-state index contributed by atoms with van der Waals surface area (Å²) in [5, 5.41) is 9.59. The van der Waals surface area contributed by atoms with Crippen molar-refractivity contribution in [1.82, 2.24) is 19.6 Å². The van der Waals surface area contributed by atoms with E-state index in [-0.39, 0.29) is 5.41 Å². The quantitative estimate of drug-likeness (QED) is 0.0746. The number of benzene rings is 2. The second-order valence-electron chi connectivity index (χ2n) is 15.4. The second kappa shape index (κ2) is 20.8. The van der Waals surface area contributed by atoms with Crippen LogP contribution in [0, 0.1) is 10.8 Å². The van der Waals surface area contributed by atoms with Crippen LogP contribution in [0.4, 0.5) is 0 Å². The Labute approximate surface area is 332 Å². The number of carbonyl (C=O) groups is 2. The van der Waals surface area contributed by atoms with E-state index in [2.05, 4.69) is 53.1 Å². The molecule has 3 aliphatic rings. The number of hydrogen-bond donors (Lipinski definition) is 0. The smallest absolute Gasteiger partial charge is 0.168 e. The Morgan fingerprint density at radius 2 is 1.29 bits per heavy atom. The number of aldehydes is 2. The van der Waals surface area contributed by atoms with Crippen molar-refractivity contribution in [3.63, 3.8) is 0 Å². The average Bonchev–Trinajstić information content (AvgIpc) is 3.77. The Balaban J connectivity index is 0.000000190. The number of allylic oxidation sites excluding steroid dienone is 1. The van der Waals surface area contributed by atoms with Crippen LogP contribution in [0.1, 0.15) is 102 Å². The van der Waals surface area contributed by atoms with E-state index in [4.69, 9.17) is 24.0 Å². The molecule has 0 bridgehead atoms. The lowest BCUT2D eigenvalue weighted by Crippen LogP contribution is -2.33. The molecule has 0 atom stereocenters. The molecule has 7 rings (SSSR count). The van der Waals surface area contributed by atoms with E-state index in [0.717, 1.165) is 101 Å². The third kappa shape index (κ3) is 10.8. The fourth-order valence-electron chi connectivity index (χ4n) is 8.18. The molecule has 0 N–H and O–H groups in total. The van der Waals surface area contributed by atoms with E-state index in [1.54, 1.807) is 4.68 Å². The standard InChI is InChI=1S/C23H30N2O4.C23H30N2O2/c1-2-25-22(16-26)20(15-23(18-27)10-13-28-14-11-23)21(24-25)9-6-12-29-17-19-7-4-3-5-8-19;1-2-25-22-10-11-23(12-15-26-16-13-23)17-20(22)21(24-25)9-6-14-27-18-19-7-4-3-5-8-19/h3-5,7-8,16,18H,2,6,9-15,17H2,1H3;3-5,7-8,10-11H,2,6,9,12-18H2,1H3. The summed E-state index contributed by atoms with van der Waals surface area (Å²) in [5.74, 6) is 0.